The van der Waals surface area contributed by atoms with Crippen LogP contribution in [0.1, 0.15) is 18.4 Å². The minimum Gasteiger partial charge on any atom is -0.371 e. The minimum atomic E-state index is -0.0994. The quantitative estimate of drug-likeness (QED) is 0.784. The van der Waals surface area contributed by atoms with Crippen molar-refractivity contribution in [2.75, 3.05) is 31.1 Å². The zero-order valence-electron chi connectivity index (χ0n) is 9.80. The van der Waals surface area contributed by atoms with Crippen LogP contribution in [0.25, 0.3) is 0 Å². The monoisotopic (exact) mass is 222 g/mol. The molecule has 2 rings (SSSR count). The number of anilines is 1. The van der Waals surface area contributed by atoms with Gasteiger partial charge in [-0.25, -0.2) is 4.39 Å². The Morgan fingerprint density at radius 3 is 2.50 bits per heavy atom. The molecule has 0 spiro atoms. The highest BCUT2D eigenvalue weighted by molar-refractivity contribution is 5.48. The maximum Gasteiger partial charge on any atom is 0.128 e. The summed E-state index contributed by atoms with van der Waals surface area (Å²) in [5.74, 6) is -0.0994. The molecule has 0 unspecified atom stereocenters. The van der Waals surface area contributed by atoms with Gasteiger partial charge in [-0.05, 0) is 50.6 Å². The van der Waals surface area contributed by atoms with Crippen molar-refractivity contribution in [3.63, 3.8) is 0 Å². The molecular formula is C13H19FN2. The molecular weight excluding hydrogens is 203 g/mol. The number of hydrogen-bond donors (Lipinski definition) is 1. The van der Waals surface area contributed by atoms with E-state index in [9.17, 15) is 4.39 Å². The SMILES string of the molecule is Cc1ccc(N2CCCNCCC2)cc1F. The van der Waals surface area contributed by atoms with Crippen LogP contribution in [0.15, 0.2) is 18.2 Å². The van der Waals surface area contributed by atoms with Crippen molar-refractivity contribution in [1.82, 2.24) is 5.32 Å². The van der Waals surface area contributed by atoms with Gasteiger partial charge >= 0.3 is 0 Å². The Labute approximate surface area is 96.5 Å². The summed E-state index contributed by atoms with van der Waals surface area (Å²) in [6.07, 6.45) is 2.24. The van der Waals surface area contributed by atoms with Crippen molar-refractivity contribution in [1.29, 1.82) is 0 Å². The summed E-state index contributed by atoms with van der Waals surface area (Å²) in [6, 6.07) is 5.54. The highest BCUT2D eigenvalue weighted by Crippen LogP contribution is 2.19. The average Bonchev–Trinajstić information content (AvgIpc) is 2.22. The first-order valence-corrected chi connectivity index (χ1v) is 5.99. The van der Waals surface area contributed by atoms with E-state index >= 15 is 0 Å². The predicted molar refractivity (Wildman–Crippen MR) is 65.5 cm³/mol. The normalized spacial score (nSPS) is 18.0. The number of benzene rings is 1. The fourth-order valence-electron chi connectivity index (χ4n) is 2.06. The Morgan fingerprint density at radius 1 is 1.19 bits per heavy atom. The molecule has 0 amide bonds. The van der Waals surface area contributed by atoms with Gasteiger partial charge in [0.25, 0.3) is 0 Å². The van der Waals surface area contributed by atoms with Crippen LogP contribution in [0.4, 0.5) is 10.1 Å². The Bertz CT molecular complexity index is 344. The molecule has 0 radical (unpaired) electrons. The molecule has 2 nitrogen and oxygen atoms in total. The van der Waals surface area contributed by atoms with Gasteiger partial charge in [-0.3, -0.25) is 0 Å². The van der Waals surface area contributed by atoms with Crippen molar-refractivity contribution in [2.45, 2.75) is 19.8 Å². The molecule has 1 aliphatic rings. The lowest BCUT2D eigenvalue weighted by molar-refractivity contribution is 0.565. The molecule has 1 aliphatic heterocycles. The van der Waals surface area contributed by atoms with Gasteiger partial charge in [0.2, 0.25) is 0 Å². The summed E-state index contributed by atoms with van der Waals surface area (Å²) < 4.78 is 13.5. The third-order valence-electron chi connectivity index (χ3n) is 3.08. The first-order valence-electron chi connectivity index (χ1n) is 5.99. The fraction of sp³-hybridized carbons (Fsp3) is 0.538. The molecule has 1 aromatic carbocycles. The maximum atomic E-state index is 13.5. The number of rotatable bonds is 1. The molecule has 0 atom stereocenters. The van der Waals surface area contributed by atoms with E-state index in [1.54, 1.807) is 13.0 Å². The van der Waals surface area contributed by atoms with Gasteiger partial charge < -0.3 is 10.2 Å². The first-order chi connectivity index (χ1) is 7.77. The van der Waals surface area contributed by atoms with Gasteiger partial charge in [0.05, 0.1) is 0 Å². The molecule has 1 saturated heterocycles. The van der Waals surface area contributed by atoms with E-state index in [1.165, 1.54) is 0 Å². The Hall–Kier alpha value is -1.09. The van der Waals surface area contributed by atoms with Crippen molar-refractivity contribution in [3.8, 4) is 0 Å². The van der Waals surface area contributed by atoms with E-state index in [0.29, 0.717) is 0 Å². The molecule has 1 heterocycles. The van der Waals surface area contributed by atoms with Crippen LogP contribution in [0.5, 0.6) is 0 Å². The minimum absolute atomic E-state index is 0.0994. The lowest BCUT2D eigenvalue weighted by Gasteiger charge is -2.27. The van der Waals surface area contributed by atoms with Crippen LogP contribution in [0, 0.1) is 12.7 Å². The van der Waals surface area contributed by atoms with Crippen LogP contribution in [0.2, 0.25) is 0 Å². The van der Waals surface area contributed by atoms with Crippen molar-refractivity contribution >= 4 is 5.69 Å². The van der Waals surface area contributed by atoms with E-state index in [0.717, 1.165) is 50.3 Å². The highest BCUT2D eigenvalue weighted by Gasteiger charge is 2.09. The highest BCUT2D eigenvalue weighted by atomic mass is 19.1. The number of nitrogens with one attached hydrogen (secondary N) is 1. The number of halogens is 1. The molecule has 1 fully saturated rings. The van der Waals surface area contributed by atoms with Crippen molar-refractivity contribution in [3.05, 3.63) is 29.6 Å². The van der Waals surface area contributed by atoms with Crippen molar-refractivity contribution in [2.24, 2.45) is 0 Å². The lowest BCUT2D eigenvalue weighted by Crippen LogP contribution is -2.33. The summed E-state index contributed by atoms with van der Waals surface area (Å²) in [5, 5.41) is 3.38. The Kier molecular flexibility index (Phi) is 3.78. The fourth-order valence-corrected chi connectivity index (χ4v) is 2.06. The van der Waals surface area contributed by atoms with E-state index in [-0.39, 0.29) is 5.82 Å². The summed E-state index contributed by atoms with van der Waals surface area (Å²) in [7, 11) is 0. The molecule has 0 bridgehead atoms. The summed E-state index contributed by atoms with van der Waals surface area (Å²) in [5.41, 5.74) is 1.74. The van der Waals surface area contributed by atoms with Gasteiger partial charge in [0, 0.05) is 18.8 Å². The molecule has 16 heavy (non-hydrogen) atoms. The number of nitrogens with zero attached hydrogens (tertiary/aromatic N) is 1. The van der Waals surface area contributed by atoms with Gasteiger partial charge in [-0.15, -0.1) is 0 Å². The molecule has 0 saturated carbocycles. The molecule has 0 aliphatic carbocycles. The van der Waals surface area contributed by atoms with Crippen LogP contribution >= 0.6 is 0 Å². The largest absolute Gasteiger partial charge is 0.371 e. The van der Waals surface area contributed by atoms with E-state index in [2.05, 4.69) is 10.2 Å². The molecule has 88 valence electrons. The van der Waals surface area contributed by atoms with Gasteiger partial charge in [0.15, 0.2) is 0 Å². The molecule has 0 aromatic heterocycles. The standard InChI is InChI=1S/C13H19FN2/c1-11-4-5-12(10-13(11)14)16-8-2-6-15-7-3-9-16/h4-5,10,15H,2-3,6-9H2,1H3. The zero-order chi connectivity index (χ0) is 11.4. The summed E-state index contributed by atoms with van der Waals surface area (Å²) >= 11 is 0. The van der Waals surface area contributed by atoms with Crippen LogP contribution in [-0.4, -0.2) is 26.2 Å². The van der Waals surface area contributed by atoms with Crippen molar-refractivity contribution < 1.29 is 4.39 Å². The third kappa shape index (κ3) is 2.73. The second kappa shape index (κ2) is 5.30. The Morgan fingerprint density at radius 2 is 1.88 bits per heavy atom. The van der Waals surface area contributed by atoms with Gasteiger partial charge in [0.1, 0.15) is 5.82 Å². The molecule has 3 heteroatoms. The maximum absolute atomic E-state index is 13.5. The second-order valence-electron chi connectivity index (χ2n) is 4.38. The summed E-state index contributed by atoms with van der Waals surface area (Å²) in [4.78, 5) is 2.28. The van der Waals surface area contributed by atoms with Crippen LogP contribution in [-0.2, 0) is 0 Å². The first kappa shape index (κ1) is 11.4. The smallest absolute Gasteiger partial charge is 0.128 e. The number of hydrogen-bond acceptors (Lipinski definition) is 2. The summed E-state index contributed by atoms with van der Waals surface area (Å²) in [6.45, 7) is 5.94. The van der Waals surface area contributed by atoms with Gasteiger partial charge in [-0.1, -0.05) is 6.07 Å². The Balaban J connectivity index is 2.11. The van der Waals surface area contributed by atoms with E-state index < -0.39 is 0 Å². The molecule has 1 aromatic rings. The van der Waals surface area contributed by atoms with E-state index in [4.69, 9.17) is 0 Å². The van der Waals surface area contributed by atoms with Crippen LogP contribution in [0.3, 0.4) is 0 Å². The van der Waals surface area contributed by atoms with Crippen LogP contribution < -0.4 is 10.2 Å². The van der Waals surface area contributed by atoms with Gasteiger partial charge in [-0.2, -0.15) is 0 Å². The third-order valence-corrected chi connectivity index (χ3v) is 3.08. The lowest BCUT2D eigenvalue weighted by atomic mass is 10.2. The topological polar surface area (TPSA) is 15.3 Å². The second-order valence-corrected chi connectivity index (χ2v) is 4.38. The molecule has 1 N–H and O–H groups in total. The zero-order valence-corrected chi connectivity index (χ0v) is 9.80. The van der Waals surface area contributed by atoms with E-state index in [1.807, 2.05) is 12.1 Å². The predicted octanol–water partition coefficient (Wildman–Crippen LogP) is 2.32. The number of aryl methyl sites for hydroxylation is 1. The average molecular weight is 222 g/mol.